The molecule has 0 saturated carbocycles. The summed E-state index contributed by atoms with van der Waals surface area (Å²) < 4.78 is 0.855. The molecule has 0 atom stereocenters. The van der Waals surface area contributed by atoms with Gasteiger partial charge in [0.25, 0.3) is 0 Å². The number of hydrogen-bond donors (Lipinski definition) is 1. The molecule has 2 aromatic rings. The van der Waals surface area contributed by atoms with Gasteiger partial charge in [0.1, 0.15) is 0 Å². The van der Waals surface area contributed by atoms with E-state index in [0.717, 1.165) is 10.4 Å². The van der Waals surface area contributed by atoms with Gasteiger partial charge < -0.3 is 9.88 Å². The van der Waals surface area contributed by atoms with E-state index in [0.29, 0.717) is 0 Å². The lowest BCUT2D eigenvalue weighted by Crippen LogP contribution is -2.07. The molecule has 17 heavy (non-hydrogen) atoms. The Balaban J connectivity index is 2.42. The maximum Gasteiger partial charge on any atom is 0.159 e. The monoisotopic (exact) mass is 264 g/mol. The second-order valence-corrected chi connectivity index (χ2v) is 5.88. The lowest BCUT2D eigenvalue weighted by atomic mass is 10.1. The van der Waals surface area contributed by atoms with Gasteiger partial charge in [0.2, 0.25) is 0 Å². The van der Waals surface area contributed by atoms with Crippen molar-refractivity contribution in [3.05, 3.63) is 33.1 Å². The molecule has 1 aromatic carbocycles. The smallest absolute Gasteiger partial charge is 0.159 e. The molecule has 0 bridgehead atoms. The van der Waals surface area contributed by atoms with Crippen molar-refractivity contribution in [1.82, 2.24) is 4.98 Å². The third kappa shape index (κ3) is 2.58. The van der Waals surface area contributed by atoms with Gasteiger partial charge in [0, 0.05) is 24.7 Å². The number of anilines is 1. The molecule has 0 amide bonds. The number of hydrogen-bond acceptors (Lipinski definition) is 3. The minimum absolute atomic E-state index is 0.855. The standard InChI is InChI=1S/C13H16N2S2/c1-4-11-12(14-13(16)17-11)9-5-7-10(8-6-9)15(2)3/h5-8H,4H2,1-3H3,(H,14,16). The first-order chi connectivity index (χ1) is 8.11. The summed E-state index contributed by atoms with van der Waals surface area (Å²) in [7, 11) is 4.09. The van der Waals surface area contributed by atoms with Crippen LogP contribution in [0.25, 0.3) is 11.3 Å². The largest absolute Gasteiger partial charge is 0.378 e. The number of aryl methyl sites for hydroxylation is 1. The Hall–Kier alpha value is -1.13. The third-order valence-electron chi connectivity index (χ3n) is 2.72. The van der Waals surface area contributed by atoms with E-state index >= 15 is 0 Å². The van der Waals surface area contributed by atoms with Crippen molar-refractivity contribution in [1.29, 1.82) is 0 Å². The number of nitrogens with one attached hydrogen (secondary N) is 1. The van der Waals surface area contributed by atoms with Gasteiger partial charge in [0.15, 0.2) is 3.95 Å². The van der Waals surface area contributed by atoms with E-state index in [2.05, 4.69) is 41.1 Å². The molecule has 0 aliphatic rings. The summed E-state index contributed by atoms with van der Waals surface area (Å²) in [6.07, 6.45) is 1.02. The van der Waals surface area contributed by atoms with Crippen LogP contribution < -0.4 is 4.90 Å². The Labute approximate surface area is 111 Å². The van der Waals surface area contributed by atoms with Crippen LogP contribution in [0.15, 0.2) is 24.3 Å². The Morgan fingerprint density at radius 2 is 1.88 bits per heavy atom. The van der Waals surface area contributed by atoms with Crippen LogP contribution >= 0.6 is 23.6 Å². The van der Waals surface area contributed by atoms with Gasteiger partial charge in [-0.25, -0.2) is 0 Å². The zero-order valence-corrected chi connectivity index (χ0v) is 11.9. The first kappa shape index (κ1) is 12.3. The van der Waals surface area contributed by atoms with Crippen LogP contribution in [0.5, 0.6) is 0 Å². The highest BCUT2D eigenvalue weighted by molar-refractivity contribution is 7.73. The second-order valence-electron chi connectivity index (χ2n) is 4.11. The molecule has 1 aromatic heterocycles. The second kappa shape index (κ2) is 5.02. The third-order valence-corrected chi connectivity index (χ3v) is 4.09. The Morgan fingerprint density at radius 3 is 2.41 bits per heavy atom. The van der Waals surface area contributed by atoms with Gasteiger partial charge in [-0.05, 0) is 36.3 Å². The summed E-state index contributed by atoms with van der Waals surface area (Å²) in [6, 6.07) is 8.54. The van der Waals surface area contributed by atoms with E-state index in [1.54, 1.807) is 11.3 Å². The van der Waals surface area contributed by atoms with Crippen molar-refractivity contribution in [2.24, 2.45) is 0 Å². The molecule has 0 aliphatic carbocycles. The maximum atomic E-state index is 5.21. The molecule has 0 radical (unpaired) electrons. The molecule has 0 unspecified atom stereocenters. The van der Waals surface area contributed by atoms with Crippen LogP contribution in [0.3, 0.4) is 0 Å². The van der Waals surface area contributed by atoms with Crippen molar-refractivity contribution < 1.29 is 0 Å². The number of nitrogens with zero attached hydrogens (tertiary/aromatic N) is 1. The Kier molecular flexibility index (Phi) is 3.64. The highest BCUT2D eigenvalue weighted by Crippen LogP contribution is 2.28. The summed E-state index contributed by atoms with van der Waals surface area (Å²) in [6.45, 7) is 2.16. The number of rotatable bonds is 3. The molecule has 0 fully saturated rings. The van der Waals surface area contributed by atoms with Crippen molar-refractivity contribution >= 4 is 29.2 Å². The lowest BCUT2D eigenvalue weighted by Gasteiger charge is -2.12. The minimum Gasteiger partial charge on any atom is -0.378 e. The van der Waals surface area contributed by atoms with Crippen LogP contribution in [0.4, 0.5) is 5.69 Å². The van der Waals surface area contributed by atoms with Gasteiger partial charge in [-0.15, -0.1) is 11.3 Å². The predicted molar refractivity (Wildman–Crippen MR) is 78.6 cm³/mol. The molecule has 1 N–H and O–H groups in total. The molecule has 2 nitrogen and oxygen atoms in total. The number of thiazole rings is 1. The number of H-pyrrole nitrogens is 1. The van der Waals surface area contributed by atoms with Crippen LogP contribution in [0.1, 0.15) is 11.8 Å². The normalized spacial score (nSPS) is 10.5. The van der Waals surface area contributed by atoms with Gasteiger partial charge in [-0.3, -0.25) is 0 Å². The first-order valence-electron chi connectivity index (χ1n) is 5.61. The zero-order valence-electron chi connectivity index (χ0n) is 10.3. The summed E-state index contributed by atoms with van der Waals surface area (Å²) in [5.41, 5.74) is 3.59. The number of aromatic amines is 1. The SMILES string of the molecule is CCc1sc(=S)[nH]c1-c1ccc(N(C)C)cc1. The lowest BCUT2D eigenvalue weighted by molar-refractivity contribution is 1.13. The van der Waals surface area contributed by atoms with Crippen LogP contribution in [-0.4, -0.2) is 19.1 Å². The van der Waals surface area contributed by atoms with Crippen molar-refractivity contribution in [3.8, 4) is 11.3 Å². The number of aromatic nitrogens is 1. The summed E-state index contributed by atoms with van der Waals surface area (Å²) in [5, 5.41) is 0. The first-order valence-corrected chi connectivity index (χ1v) is 6.84. The van der Waals surface area contributed by atoms with E-state index in [-0.39, 0.29) is 0 Å². The fourth-order valence-corrected chi connectivity index (χ4v) is 2.96. The predicted octanol–water partition coefficient (Wildman–Crippen LogP) is 4.10. The Morgan fingerprint density at radius 1 is 1.24 bits per heavy atom. The highest BCUT2D eigenvalue weighted by atomic mass is 32.1. The van der Waals surface area contributed by atoms with Gasteiger partial charge >= 0.3 is 0 Å². The molecule has 1 heterocycles. The topological polar surface area (TPSA) is 19.0 Å². The minimum atomic E-state index is 0.855. The summed E-state index contributed by atoms with van der Waals surface area (Å²) in [5.74, 6) is 0. The Bertz CT molecular complexity index is 550. The number of benzene rings is 1. The van der Waals surface area contributed by atoms with E-state index in [4.69, 9.17) is 12.2 Å². The van der Waals surface area contributed by atoms with Gasteiger partial charge in [-0.1, -0.05) is 19.1 Å². The van der Waals surface area contributed by atoms with Crippen molar-refractivity contribution in [2.45, 2.75) is 13.3 Å². The van der Waals surface area contributed by atoms with Crippen LogP contribution in [0.2, 0.25) is 0 Å². The molecular weight excluding hydrogens is 248 g/mol. The molecule has 0 spiro atoms. The van der Waals surface area contributed by atoms with E-state index in [1.165, 1.54) is 21.8 Å². The fraction of sp³-hybridized carbons (Fsp3) is 0.308. The summed E-state index contributed by atoms with van der Waals surface area (Å²) in [4.78, 5) is 6.70. The highest BCUT2D eigenvalue weighted by Gasteiger charge is 2.07. The summed E-state index contributed by atoms with van der Waals surface area (Å²) >= 11 is 6.88. The molecule has 0 aliphatic heterocycles. The van der Waals surface area contributed by atoms with Gasteiger partial charge in [0.05, 0.1) is 5.69 Å². The molecule has 2 rings (SSSR count). The molecule has 4 heteroatoms. The molecule has 90 valence electrons. The van der Waals surface area contributed by atoms with E-state index < -0.39 is 0 Å². The average molecular weight is 264 g/mol. The molecule has 0 saturated heterocycles. The van der Waals surface area contributed by atoms with Crippen LogP contribution in [-0.2, 0) is 6.42 Å². The quantitative estimate of drug-likeness (QED) is 0.842. The average Bonchev–Trinajstić information content (AvgIpc) is 2.70. The van der Waals surface area contributed by atoms with Gasteiger partial charge in [-0.2, -0.15) is 0 Å². The van der Waals surface area contributed by atoms with Crippen molar-refractivity contribution in [3.63, 3.8) is 0 Å². The van der Waals surface area contributed by atoms with E-state index in [1.807, 2.05) is 14.1 Å². The van der Waals surface area contributed by atoms with E-state index in [9.17, 15) is 0 Å². The van der Waals surface area contributed by atoms with Crippen LogP contribution in [0, 0.1) is 3.95 Å². The fourth-order valence-electron chi connectivity index (χ4n) is 1.77. The van der Waals surface area contributed by atoms with Crippen molar-refractivity contribution in [2.75, 3.05) is 19.0 Å². The molecular formula is C13H16N2S2. The maximum absolute atomic E-state index is 5.21. The zero-order chi connectivity index (χ0) is 12.4.